The van der Waals surface area contributed by atoms with E-state index in [4.69, 9.17) is 4.74 Å². The number of carbonyl (C=O) groups excluding carboxylic acids is 1. The summed E-state index contributed by atoms with van der Waals surface area (Å²) in [4.78, 5) is 16.0. The van der Waals surface area contributed by atoms with Crippen molar-refractivity contribution in [2.75, 3.05) is 43.5 Å². The molecule has 0 bridgehead atoms. The number of benzene rings is 2. The average molecular weight is 356 g/mol. The van der Waals surface area contributed by atoms with Crippen molar-refractivity contribution in [3.8, 4) is 11.5 Å². The number of methoxy groups -OCH3 is 1. The van der Waals surface area contributed by atoms with Crippen LogP contribution in [0.25, 0.3) is 0 Å². The summed E-state index contributed by atoms with van der Waals surface area (Å²) in [5, 5.41) is 13.0. The van der Waals surface area contributed by atoms with Gasteiger partial charge in [0.1, 0.15) is 11.5 Å². The topological polar surface area (TPSA) is 66.2 Å². The number of quaternary nitrogens is 1. The lowest BCUT2D eigenvalue weighted by Gasteiger charge is -2.36. The number of ether oxygens (including phenoxy) is 1. The summed E-state index contributed by atoms with van der Waals surface area (Å²) in [6, 6.07) is 14.6. The Hall–Kier alpha value is -2.73. The van der Waals surface area contributed by atoms with Crippen LogP contribution in [0.3, 0.4) is 0 Å². The molecule has 6 nitrogen and oxygen atoms in total. The van der Waals surface area contributed by atoms with Crippen LogP contribution in [0.15, 0.2) is 48.5 Å². The van der Waals surface area contributed by atoms with Crippen molar-refractivity contribution in [3.05, 3.63) is 48.5 Å². The fourth-order valence-corrected chi connectivity index (χ4v) is 3.31. The van der Waals surface area contributed by atoms with E-state index in [0.717, 1.165) is 43.3 Å². The van der Waals surface area contributed by atoms with Crippen molar-refractivity contribution in [2.24, 2.45) is 0 Å². The van der Waals surface area contributed by atoms with Crippen molar-refractivity contribution < 1.29 is 19.5 Å². The number of carbonyl (C=O) groups is 1. The number of nitrogens with one attached hydrogen (secondary N) is 2. The number of hydrogen-bond acceptors (Lipinski definition) is 4. The van der Waals surface area contributed by atoms with Crippen LogP contribution >= 0.6 is 0 Å². The first-order valence-electron chi connectivity index (χ1n) is 8.91. The molecule has 1 aliphatic rings. The highest BCUT2D eigenvalue weighted by Crippen LogP contribution is 2.26. The molecule has 138 valence electrons. The maximum absolute atomic E-state index is 12.6. The maximum atomic E-state index is 12.6. The lowest BCUT2D eigenvalue weighted by atomic mass is 10.2. The lowest BCUT2D eigenvalue weighted by molar-refractivity contribution is -0.914. The zero-order valence-corrected chi connectivity index (χ0v) is 15.2. The van der Waals surface area contributed by atoms with Gasteiger partial charge < -0.3 is 25.0 Å². The molecule has 0 saturated carbocycles. The first-order valence-corrected chi connectivity index (χ1v) is 8.91. The van der Waals surface area contributed by atoms with E-state index in [-0.39, 0.29) is 11.9 Å². The van der Waals surface area contributed by atoms with Crippen molar-refractivity contribution in [3.63, 3.8) is 0 Å². The van der Waals surface area contributed by atoms with E-state index in [1.165, 1.54) is 4.90 Å². The number of amides is 1. The molecule has 0 aromatic heterocycles. The van der Waals surface area contributed by atoms with Crippen molar-refractivity contribution >= 4 is 17.3 Å². The van der Waals surface area contributed by atoms with Crippen LogP contribution in [0, 0.1) is 0 Å². The number of phenolic OH excluding ortho intramolecular Hbond substituents is 1. The normalized spacial score (nSPS) is 16.2. The van der Waals surface area contributed by atoms with Crippen LogP contribution in [-0.4, -0.2) is 50.3 Å². The number of nitrogens with zero attached hydrogens (tertiary/aromatic N) is 1. The van der Waals surface area contributed by atoms with Gasteiger partial charge in [0, 0.05) is 5.69 Å². The molecule has 3 rings (SSSR count). The Morgan fingerprint density at radius 1 is 1.15 bits per heavy atom. The third-order valence-electron chi connectivity index (χ3n) is 4.99. The number of phenols is 1. The van der Waals surface area contributed by atoms with Crippen LogP contribution in [0.1, 0.15) is 6.92 Å². The molecule has 1 saturated heterocycles. The Morgan fingerprint density at radius 3 is 2.42 bits per heavy atom. The Balaban J connectivity index is 1.54. The number of piperazine rings is 1. The fraction of sp³-hybridized carbons (Fsp3) is 0.350. The maximum Gasteiger partial charge on any atom is 0.282 e. The Labute approximate surface area is 154 Å². The second kappa shape index (κ2) is 8.10. The third-order valence-corrected chi connectivity index (χ3v) is 4.99. The molecule has 0 spiro atoms. The zero-order valence-electron chi connectivity index (χ0n) is 15.2. The van der Waals surface area contributed by atoms with Crippen LogP contribution in [0.4, 0.5) is 11.4 Å². The summed E-state index contributed by atoms with van der Waals surface area (Å²) in [5.41, 5.74) is 1.64. The van der Waals surface area contributed by atoms with Crippen LogP contribution in [-0.2, 0) is 4.79 Å². The number of anilines is 2. The first kappa shape index (κ1) is 18.1. The van der Waals surface area contributed by atoms with E-state index in [2.05, 4.69) is 10.2 Å². The second-order valence-electron chi connectivity index (χ2n) is 6.57. The summed E-state index contributed by atoms with van der Waals surface area (Å²) >= 11 is 0. The van der Waals surface area contributed by atoms with Crippen molar-refractivity contribution in [2.45, 2.75) is 13.0 Å². The molecule has 26 heavy (non-hydrogen) atoms. The number of para-hydroxylation sites is 2. The molecule has 0 aliphatic carbocycles. The third kappa shape index (κ3) is 4.08. The smallest absolute Gasteiger partial charge is 0.282 e. The zero-order chi connectivity index (χ0) is 18.5. The van der Waals surface area contributed by atoms with E-state index < -0.39 is 0 Å². The molecule has 2 aromatic carbocycles. The first-order chi connectivity index (χ1) is 12.6. The van der Waals surface area contributed by atoms with Crippen molar-refractivity contribution in [1.82, 2.24) is 0 Å². The highest BCUT2D eigenvalue weighted by Gasteiger charge is 2.29. The predicted molar refractivity (Wildman–Crippen MR) is 102 cm³/mol. The number of rotatable bonds is 5. The van der Waals surface area contributed by atoms with Crippen LogP contribution in [0.2, 0.25) is 0 Å². The van der Waals surface area contributed by atoms with E-state index in [9.17, 15) is 9.90 Å². The molecule has 2 aromatic rings. The molecular weight excluding hydrogens is 330 g/mol. The summed E-state index contributed by atoms with van der Waals surface area (Å²) < 4.78 is 5.13. The minimum Gasteiger partial charge on any atom is -0.506 e. The molecule has 1 atom stereocenters. The molecule has 0 unspecified atom stereocenters. The van der Waals surface area contributed by atoms with Gasteiger partial charge in [-0.2, -0.15) is 0 Å². The van der Waals surface area contributed by atoms with E-state index in [0.29, 0.717) is 5.75 Å². The molecule has 6 heteroatoms. The van der Waals surface area contributed by atoms with Gasteiger partial charge in [0.15, 0.2) is 6.04 Å². The largest absolute Gasteiger partial charge is 0.506 e. The van der Waals surface area contributed by atoms with Crippen LogP contribution < -0.4 is 19.9 Å². The summed E-state index contributed by atoms with van der Waals surface area (Å²) in [5.74, 6) is 1.09. The van der Waals surface area contributed by atoms with Gasteiger partial charge in [0.25, 0.3) is 5.91 Å². The Bertz CT molecular complexity index is 740. The van der Waals surface area contributed by atoms with Gasteiger partial charge in [0.05, 0.1) is 39.0 Å². The lowest BCUT2D eigenvalue weighted by Crippen LogP contribution is -3.19. The summed E-state index contributed by atoms with van der Waals surface area (Å²) in [7, 11) is 1.62. The monoisotopic (exact) mass is 356 g/mol. The van der Waals surface area contributed by atoms with E-state index in [1.807, 2.05) is 49.4 Å². The molecule has 1 amide bonds. The van der Waals surface area contributed by atoms with Gasteiger partial charge in [-0.25, -0.2) is 0 Å². The van der Waals surface area contributed by atoms with E-state index >= 15 is 0 Å². The Morgan fingerprint density at radius 2 is 1.81 bits per heavy atom. The molecule has 0 radical (unpaired) electrons. The van der Waals surface area contributed by atoms with Gasteiger partial charge in [-0.15, -0.1) is 0 Å². The van der Waals surface area contributed by atoms with Gasteiger partial charge >= 0.3 is 0 Å². The quantitative estimate of drug-likeness (QED) is 0.752. The average Bonchev–Trinajstić information content (AvgIpc) is 2.68. The second-order valence-corrected chi connectivity index (χ2v) is 6.57. The Kier molecular flexibility index (Phi) is 5.63. The highest BCUT2D eigenvalue weighted by atomic mass is 16.5. The fourth-order valence-electron chi connectivity index (χ4n) is 3.31. The minimum absolute atomic E-state index is 0.0150. The van der Waals surface area contributed by atoms with E-state index in [1.54, 1.807) is 13.2 Å². The summed E-state index contributed by atoms with van der Waals surface area (Å²) in [6.45, 7) is 5.29. The SMILES string of the molecule is COc1ccc(NC(=O)[C@@H](C)[NH+]2CCN(c3ccccc3O)CC2)cc1. The minimum atomic E-state index is -0.136. The standard InChI is InChI=1S/C20H25N3O3/c1-15(20(25)21-16-7-9-17(26-2)10-8-16)22-11-13-23(14-12-22)18-5-3-4-6-19(18)24/h3-10,15,24H,11-14H2,1-2H3,(H,21,25)/p+1/t15-/m1/s1. The summed E-state index contributed by atoms with van der Waals surface area (Å²) in [6.07, 6.45) is 0. The molecule has 1 fully saturated rings. The predicted octanol–water partition coefficient (Wildman–Crippen LogP) is 1.13. The molecular formula is C20H26N3O3+. The van der Waals surface area contributed by atoms with Gasteiger partial charge in [-0.1, -0.05) is 12.1 Å². The molecule has 3 N–H and O–H groups in total. The molecule has 1 aliphatic heterocycles. The number of aromatic hydroxyl groups is 1. The molecule has 1 heterocycles. The highest BCUT2D eigenvalue weighted by molar-refractivity contribution is 5.93. The van der Waals surface area contributed by atoms with Gasteiger partial charge in [0.2, 0.25) is 0 Å². The number of hydrogen-bond donors (Lipinski definition) is 3. The van der Waals surface area contributed by atoms with Crippen molar-refractivity contribution in [1.29, 1.82) is 0 Å². The van der Waals surface area contributed by atoms with Crippen LogP contribution in [0.5, 0.6) is 11.5 Å². The van der Waals surface area contributed by atoms with Gasteiger partial charge in [-0.05, 0) is 43.3 Å². The van der Waals surface area contributed by atoms with Gasteiger partial charge in [-0.3, -0.25) is 4.79 Å².